The van der Waals surface area contributed by atoms with Crippen molar-refractivity contribution in [3.8, 4) is 0 Å². The van der Waals surface area contributed by atoms with Gasteiger partial charge in [-0.1, -0.05) is 24.6 Å². The second kappa shape index (κ2) is 9.73. The molecule has 0 amide bonds. The van der Waals surface area contributed by atoms with Gasteiger partial charge in [-0.05, 0) is 56.8 Å². The van der Waals surface area contributed by atoms with Crippen LogP contribution in [0.5, 0.6) is 0 Å². The largest absolute Gasteiger partial charge is 0.378 e. The molecule has 1 fully saturated rings. The van der Waals surface area contributed by atoms with Crippen molar-refractivity contribution >= 4 is 23.4 Å². The minimum atomic E-state index is 0.521. The number of thioether (sulfide) groups is 1. The standard InChI is InChI=1S/C17H26ClNOS/c1-2-19-15(7-4-8-16-9-5-11-20-16)13-21-17-10-3-6-14(18)12-17/h3,6,10,12,15-16,19H,2,4-5,7-9,11,13H2,1H3. The molecule has 1 aliphatic rings. The molecule has 1 aliphatic heterocycles. The molecule has 0 radical (unpaired) electrons. The van der Waals surface area contributed by atoms with E-state index in [1.165, 1.54) is 37.0 Å². The van der Waals surface area contributed by atoms with Crippen LogP contribution in [0.1, 0.15) is 39.0 Å². The van der Waals surface area contributed by atoms with Gasteiger partial charge in [0.05, 0.1) is 6.10 Å². The second-order valence-electron chi connectivity index (χ2n) is 5.59. The average molecular weight is 328 g/mol. The van der Waals surface area contributed by atoms with E-state index in [-0.39, 0.29) is 0 Å². The Bertz CT molecular complexity index is 410. The van der Waals surface area contributed by atoms with Crippen LogP contribution in [0.3, 0.4) is 0 Å². The monoisotopic (exact) mass is 327 g/mol. The number of nitrogens with one attached hydrogen (secondary N) is 1. The van der Waals surface area contributed by atoms with Crippen LogP contribution < -0.4 is 5.32 Å². The lowest BCUT2D eigenvalue weighted by molar-refractivity contribution is 0.101. The van der Waals surface area contributed by atoms with E-state index in [0.29, 0.717) is 12.1 Å². The first-order chi connectivity index (χ1) is 10.3. The predicted molar refractivity (Wildman–Crippen MR) is 92.5 cm³/mol. The van der Waals surface area contributed by atoms with Crippen LogP contribution in [-0.2, 0) is 4.74 Å². The summed E-state index contributed by atoms with van der Waals surface area (Å²) in [6, 6.07) is 8.69. The Labute approximate surface area is 138 Å². The van der Waals surface area contributed by atoms with E-state index in [1.807, 2.05) is 30.0 Å². The van der Waals surface area contributed by atoms with Crippen LogP contribution in [0.2, 0.25) is 5.02 Å². The molecule has 0 bridgehead atoms. The van der Waals surface area contributed by atoms with E-state index in [2.05, 4.69) is 18.3 Å². The Morgan fingerprint density at radius 1 is 1.48 bits per heavy atom. The first kappa shape index (κ1) is 17.1. The van der Waals surface area contributed by atoms with Gasteiger partial charge in [0.1, 0.15) is 0 Å². The molecule has 21 heavy (non-hydrogen) atoms. The van der Waals surface area contributed by atoms with Gasteiger partial charge in [-0.25, -0.2) is 0 Å². The Morgan fingerprint density at radius 3 is 3.10 bits per heavy atom. The molecule has 2 atom stereocenters. The van der Waals surface area contributed by atoms with Gasteiger partial charge in [0, 0.05) is 28.3 Å². The molecule has 1 saturated heterocycles. The first-order valence-electron chi connectivity index (χ1n) is 8.01. The highest BCUT2D eigenvalue weighted by molar-refractivity contribution is 7.99. The maximum atomic E-state index is 6.03. The van der Waals surface area contributed by atoms with Crippen LogP contribution in [0.15, 0.2) is 29.2 Å². The third kappa shape index (κ3) is 6.60. The molecule has 118 valence electrons. The van der Waals surface area contributed by atoms with E-state index in [4.69, 9.17) is 16.3 Å². The minimum Gasteiger partial charge on any atom is -0.378 e. The predicted octanol–water partition coefficient (Wildman–Crippen LogP) is 4.76. The maximum absolute atomic E-state index is 6.03. The molecule has 2 unspecified atom stereocenters. The van der Waals surface area contributed by atoms with Gasteiger partial charge in [-0.15, -0.1) is 11.8 Å². The number of benzene rings is 1. The third-order valence-corrected chi connectivity index (χ3v) is 5.23. The fourth-order valence-electron chi connectivity index (χ4n) is 2.75. The Kier molecular flexibility index (Phi) is 7.94. The molecule has 4 heteroatoms. The Morgan fingerprint density at radius 2 is 2.38 bits per heavy atom. The van der Waals surface area contributed by atoms with E-state index in [9.17, 15) is 0 Å². The SMILES string of the molecule is CCNC(CCCC1CCCO1)CSc1cccc(Cl)c1. The Balaban J connectivity index is 1.70. The normalized spacial score (nSPS) is 19.8. The highest BCUT2D eigenvalue weighted by atomic mass is 35.5. The van der Waals surface area contributed by atoms with Crippen molar-refractivity contribution < 1.29 is 4.74 Å². The van der Waals surface area contributed by atoms with Crippen LogP contribution in [0.25, 0.3) is 0 Å². The number of halogens is 1. The minimum absolute atomic E-state index is 0.521. The van der Waals surface area contributed by atoms with Gasteiger partial charge < -0.3 is 10.1 Å². The molecule has 1 aromatic carbocycles. The molecule has 1 heterocycles. The molecular formula is C17H26ClNOS. The van der Waals surface area contributed by atoms with Crippen LogP contribution in [0, 0.1) is 0 Å². The summed E-state index contributed by atoms with van der Waals surface area (Å²) in [7, 11) is 0. The first-order valence-corrected chi connectivity index (χ1v) is 9.37. The summed E-state index contributed by atoms with van der Waals surface area (Å²) in [4.78, 5) is 1.25. The number of hydrogen-bond acceptors (Lipinski definition) is 3. The molecule has 1 aromatic rings. The summed E-state index contributed by atoms with van der Waals surface area (Å²) in [6.45, 7) is 4.17. The fraction of sp³-hybridized carbons (Fsp3) is 0.647. The molecule has 2 rings (SSSR count). The molecule has 0 saturated carbocycles. The van der Waals surface area contributed by atoms with Crippen molar-refractivity contribution in [2.45, 2.75) is 56.1 Å². The average Bonchev–Trinajstić information content (AvgIpc) is 2.98. The summed E-state index contributed by atoms with van der Waals surface area (Å²) in [5.41, 5.74) is 0. The lowest BCUT2D eigenvalue weighted by atomic mass is 10.1. The zero-order valence-corrected chi connectivity index (χ0v) is 14.4. The van der Waals surface area contributed by atoms with Gasteiger partial charge in [-0.2, -0.15) is 0 Å². The molecule has 1 N–H and O–H groups in total. The topological polar surface area (TPSA) is 21.3 Å². The van der Waals surface area contributed by atoms with Crippen molar-refractivity contribution in [2.24, 2.45) is 0 Å². The summed E-state index contributed by atoms with van der Waals surface area (Å²) in [5, 5.41) is 4.42. The molecular weight excluding hydrogens is 302 g/mol. The Hall–Kier alpha value is -0.220. The van der Waals surface area contributed by atoms with E-state index >= 15 is 0 Å². The quantitative estimate of drug-likeness (QED) is 0.661. The van der Waals surface area contributed by atoms with Crippen LogP contribution in [-0.4, -0.2) is 31.1 Å². The summed E-state index contributed by atoms with van der Waals surface area (Å²) in [5.74, 6) is 1.10. The zero-order chi connectivity index (χ0) is 14.9. The van der Waals surface area contributed by atoms with E-state index < -0.39 is 0 Å². The summed E-state index contributed by atoms with van der Waals surface area (Å²) in [6.07, 6.45) is 6.70. The fourth-order valence-corrected chi connectivity index (χ4v) is 4.07. The van der Waals surface area contributed by atoms with Gasteiger partial charge in [0.15, 0.2) is 0 Å². The maximum Gasteiger partial charge on any atom is 0.0576 e. The molecule has 0 aromatic heterocycles. The molecule has 0 aliphatic carbocycles. The molecule has 2 nitrogen and oxygen atoms in total. The van der Waals surface area contributed by atoms with Crippen LogP contribution >= 0.6 is 23.4 Å². The van der Waals surface area contributed by atoms with Gasteiger partial charge >= 0.3 is 0 Å². The van der Waals surface area contributed by atoms with Gasteiger partial charge in [-0.3, -0.25) is 0 Å². The van der Waals surface area contributed by atoms with Gasteiger partial charge in [0.2, 0.25) is 0 Å². The number of hydrogen-bond donors (Lipinski definition) is 1. The van der Waals surface area contributed by atoms with E-state index in [1.54, 1.807) is 0 Å². The van der Waals surface area contributed by atoms with Crippen molar-refractivity contribution in [3.63, 3.8) is 0 Å². The summed E-state index contributed by atoms with van der Waals surface area (Å²) < 4.78 is 5.70. The van der Waals surface area contributed by atoms with Crippen molar-refractivity contribution in [2.75, 3.05) is 18.9 Å². The van der Waals surface area contributed by atoms with Crippen molar-refractivity contribution in [1.82, 2.24) is 5.32 Å². The lowest BCUT2D eigenvalue weighted by Crippen LogP contribution is -2.31. The van der Waals surface area contributed by atoms with Gasteiger partial charge in [0.25, 0.3) is 0 Å². The van der Waals surface area contributed by atoms with Crippen LogP contribution in [0.4, 0.5) is 0 Å². The third-order valence-electron chi connectivity index (χ3n) is 3.84. The highest BCUT2D eigenvalue weighted by Crippen LogP contribution is 2.24. The second-order valence-corrected chi connectivity index (χ2v) is 7.12. The number of ether oxygens (including phenoxy) is 1. The van der Waals surface area contributed by atoms with Crippen molar-refractivity contribution in [1.29, 1.82) is 0 Å². The zero-order valence-electron chi connectivity index (χ0n) is 12.8. The lowest BCUT2D eigenvalue weighted by Gasteiger charge is -2.18. The molecule has 0 spiro atoms. The smallest absolute Gasteiger partial charge is 0.0576 e. The number of rotatable bonds is 9. The summed E-state index contributed by atoms with van der Waals surface area (Å²) >= 11 is 7.92. The van der Waals surface area contributed by atoms with E-state index in [0.717, 1.165) is 23.9 Å². The highest BCUT2D eigenvalue weighted by Gasteiger charge is 2.16. The van der Waals surface area contributed by atoms with Crippen molar-refractivity contribution in [3.05, 3.63) is 29.3 Å².